The van der Waals surface area contributed by atoms with E-state index in [0.717, 1.165) is 19.3 Å². The fraction of sp³-hybridized carbons (Fsp3) is 0.647. The molecule has 1 aliphatic carbocycles. The van der Waals surface area contributed by atoms with Gasteiger partial charge in [-0.2, -0.15) is 0 Å². The fourth-order valence-electron chi connectivity index (χ4n) is 3.45. The highest BCUT2D eigenvalue weighted by Crippen LogP contribution is 2.42. The zero-order valence-electron chi connectivity index (χ0n) is 12.0. The highest BCUT2D eigenvalue weighted by molar-refractivity contribution is 5.16. The molecule has 3 rings (SSSR count). The van der Waals surface area contributed by atoms with Crippen molar-refractivity contribution >= 4 is 0 Å². The molecule has 110 valence electrons. The minimum atomic E-state index is -0.364. The molecule has 20 heavy (non-hydrogen) atoms. The summed E-state index contributed by atoms with van der Waals surface area (Å²) in [6, 6.07) is 10.4. The Balaban J connectivity index is 1.70. The smallest absolute Gasteiger partial charge is 0.169 e. The number of aliphatic hydroxyl groups is 1. The van der Waals surface area contributed by atoms with Crippen LogP contribution in [0.15, 0.2) is 30.3 Å². The number of hydrogen-bond donors (Lipinski definition) is 1. The number of hydrogen-bond acceptors (Lipinski definition) is 3. The second kappa shape index (κ2) is 6.25. The molecule has 1 saturated heterocycles. The molecule has 3 nitrogen and oxygen atoms in total. The predicted octanol–water partition coefficient (Wildman–Crippen LogP) is 3.06. The molecule has 0 radical (unpaired) electrons. The van der Waals surface area contributed by atoms with Crippen LogP contribution < -0.4 is 0 Å². The van der Waals surface area contributed by atoms with Crippen molar-refractivity contribution < 1.29 is 14.6 Å². The van der Waals surface area contributed by atoms with E-state index in [1.54, 1.807) is 0 Å². The predicted molar refractivity (Wildman–Crippen MR) is 77.4 cm³/mol. The van der Waals surface area contributed by atoms with Crippen LogP contribution in [0.4, 0.5) is 0 Å². The number of benzene rings is 1. The van der Waals surface area contributed by atoms with Crippen LogP contribution in [0.2, 0.25) is 0 Å². The summed E-state index contributed by atoms with van der Waals surface area (Å²) in [6.07, 6.45) is 7.28. The second-order valence-corrected chi connectivity index (χ2v) is 5.99. The average Bonchev–Trinajstić information content (AvgIpc) is 2.78. The quantitative estimate of drug-likeness (QED) is 0.918. The molecule has 0 bridgehead atoms. The van der Waals surface area contributed by atoms with Crippen LogP contribution in [0.1, 0.15) is 44.1 Å². The van der Waals surface area contributed by atoms with Crippen LogP contribution in [-0.2, 0) is 15.9 Å². The van der Waals surface area contributed by atoms with Gasteiger partial charge < -0.3 is 14.6 Å². The number of aliphatic hydroxyl groups excluding tert-OH is 1. The van der Waals surface area contributed by atoms with E-state index < -0.39 is 0 Å². The molecule has 0 amide bonds. The highest BCUT2D eigenvalue weighted by Gasteiger charge is 2.47. The summed E-state index contributed by atoms with van der Waals surface area (Å²) in [5.74, 6) is -0.364. The van der Waals surface area contributed by atoms with Crippen LogP contribution in [0, 0.1) is 0 Å². The molecule has 1 aromatic carbocycles. The van der Waals surface area contributed by atoms with Gasteiger partial charge >= 0.3 is 0 Å². The van der Waals surface area contributed by atoms with Gasteiger partial charge in [0.2, 0.25) is 0 Å². The van der Waals surface area contributed by atoms with Crippen molar-refractivity contribution in [2.75, 3.05) is 6.61 Å². The molecule has 1 saturated carbocycles. The molecule has 2 unspecified atom stereocenters. The second-order valence-electron chi connectivity index (χ2n) is 5.99. The third kappa shape index (κ3) is 3.05. The Morgan fingerprint density at radius 1 is 1.00 bits per heavy atom. The van der Waals surface area contributed by atoms with Gasteiger partial charge in [-0.05, 0) is 24.8 Å². The van der Waals surface area contributed by atoms with E-state index in [2.05, 4.69) is 24.3 Å². The number of rotatable bonds is 4. The maximum Gasteiger partial charge on any atom is 0.169 e. The maximum atomic E-state index is 9.26. The Morgan fingerprint density at radius 3 is 2.40 bits per heavy atom. The van der Waals surface area contributed by atoms with Gasteiger partial charge in [0, 0.05) is 25.9 Å². The van der Waals surface area contributed by atoms with E-state index >= 15 is 0 Å². The van der Waals surface area contributed by atoms with Crippen LogP contribution in [0.5, 0.6) is 0 Å². The van der Waals surface area contributed by atoms with Gasteiger partial charge in [0.05, 0.1) is 12.2 Å². The van der Waals surface area contributed by atoms with Gasteiger partial charge in [-0.1, -0.05) is 36.8 Å². The summed E-state index contributed by atoms with van der Waals surface area (Å²) < 4.78 is 12.6. The van der Waals surface area contributed by atoms with Crippen LogP contribution >= 0.6 is 0 Å². The van der Waals surface area contributed by atoms with Gasteiger partial charge in [-0.25, -0.2) is 0 Å². The van der Waals surface area contributed by atoms with E-state index in [9.17, 15) is 5.11 Å². The maximum absolute atomic E-state index is 9.26. The molecule has 1 heterocycles. The van der Waals surface area contributed by atoms with E-state index in [0.29, 0.717) is 6.42 Å². The highest BCUT2D eigenvalue weighted by atomic mass is 16.8. The first kappa shape index (κ1) is 14.1. The fourth-order valence-corrected chi connectivity index (χ4v) is 3.45. The molecule has 2 fully saturated rings. The van der Waals surface area contributed by atoms with Crippen molar-refractivity contribution in [1.82, 2.24) is 0 Å². The van der Waals surface area contributed by atoms with Gasteiger partial charge in [-0.15, -0.1) is 0 Å². The van der Waals surface area contributed by atoms with Gasteiger partial charge in [0.15, 0.2) is 5.79 Å². The zero-order chi connectivity index (χ0) is 13.8. The molecular weight excluding hydrogens is 252 g/mol. The van der Waals surface area contributed by atoms with E-state index in [1.165, 1.54) is 24.8 Å². The molecular formula is C17H24O3. The van der Waals surface area contributed by atoms with E-state index in [1.807, 2.05) is 6.07 Å². The molecule has 0 aromatic heterocycles. The topological polar surface area (TPSA) is 38.7 Å². The summed E-state index contributed by atoms with van der Waals surface area (Å²) >= 11 is 0. The summed E-state index contributed by atoms with van der Waals surface area (Å²) in [6.45, 7) is 0.162. The molecule has 1 aromatic rings. The lowest BCUT2D eigenvalue weighted by molar-refractivity contribution is -0.194. The minimum absolute atomic E-state index is 0.0262. The summed E-state index contributed by atoms with van der Waals surface area (Å²) in [5.41, 5.74) is 1.27. The lowest BCUT2D eigenvalue weighted by Gasteiger charge is -2.32. The minimum Gasteiger partial charge on any atom is -0.396 e. The molecule has 2 atom stereocenters. The van der Waals surface area contributed by atoms with Gasteiger partial charge in [0.1, 0.15) is 0 Å². The van der Waals surface area contributed by atoms with Crippen molar-refractivity contribution in [3.05, 3.63) is 35.9 Å². The molecule has 3 heteroatoms. The standard InChI is InChI=1S/C17H24O3/c18-12-9-15-16(13-14-7-3-1-4-8-14)20-17(19-15)10-5-2-6-11-17/h1,3-4,7-8,15-16,18H,2,5-6,9-13H2. The normalized spacial score (nSPS) is 28.9. The SMILES string of the molecule is OCCC1OC2(CCCCC2)OC1Cc1ccccc1. The van der Waals surface area contributed by atoms with Crippen LogP contribution in [-0.4, -0.2) is 29.7 Å². The Labute approximate surface area is 120 Å². The molecule has 1 N–H and O–H groups in total. The van der Waals surface area contributed by atoms with Crippen molar-refractivity contribution in [1.29, 1.82) is 0 Å². The third-order valence-corrected chi connectivity index (χ3v) is 4.46. The van der Waals surface area contributed by atoms with Crippen molar-refractivity contribution in [3.63, 3.8) is 0 Å². The Morgan fingerprint density at radius 2 is 1.70 bits per heavy atom. The first-order valence-corrected chi connectivity index (χ1v) is 7.82. The lowest BCUT2D eigenvalue weighted by Crippen LogP contribution is -2.33. The van der Waals surface area contributed by atoms with Gasteiger partial charge in [0.25, 0.3) is 0 Å². The Hall–Kier alpha value is -0.900. The van der Waals surface area contributed by atoms with Crippen molar-refractivity contribution in [3.8, 4) is 0 Å². The Bertz CT molecular complexity index is 412. The number of ether oxygens (including phenoxy) is 2. The molecule has 1 spiro atoms. The summed E-state index contributed by atoms with van der Waals surface area (Å²) in [4.78, 5) is 0. The van der Waals surface area contributed by atoms with Crippen molar-refractivity contribution in [2.45, 2.75) is 62.9 Å². The summed E-state index contributed by atoms with van der Waals surface area (Å²) in [7, 11) is 0. The largest absolute Gasteiger partial charge is 0.396 e. The average molecular weight is 276 g/mol. The first-order valence-electron chi connectivity index (χ1n) is 7.82. The lowest BCUT2D eigenvalue weighted by atomic mass is 9.94. The summed E-state index contributed by atoms with van der Waals surface area (Å²) in [5, 5.41) is 9.26. The van der Waals surface area contributed by atoms with Crippen LogP contribution in [0.25, 0.3) is 0 Å². The van der Waals surface area contributed by atoms with Gasteiger partial charge in [-0.3, -0.25) is 0 Å². The van der Waals surface area contributed by atoms with E-state index in [4.69, 9.17) is 9.47 Å². The monoisotopic (exact) mass is 276 g/mol. The van der Waals surface area contributed by atoms with Crippen LogP contribution in [0.3, 0.4) is 0 Å². The first-order chi connectivity index (χ1) is 9.81. The molecule has 1 aliphatic heterocycles. The zero-order valence-corrected chi connectivity index (χ0v) is 12.0. The van der Waals surface area contributed by atoms with Crippen molar-refractivity contribution in [2.24, 2.45) is 0 Å². The van der Waals surface area contributed by atoms with E-state index in [-0.39, 0.29) is 24.6 Å². The molecule has 2 aliphatic rings. The Kier molecular flexibility index (Phi) is 4.39. The third-order valence-electron chi connectivity index (χ3n) is 4.46.